The van der Waals surface area contributed by atoms with Crippen LogP contribution in [0.1, 0.15) is 42.8 Å². The Hall–Kier alpha value is -3.41. The van der Waals surface area contributed by atoms with Crippen LogP contribution in [0.25, 0.3) is 11.2 Å². The largest absolute Gasteiger partial charge is 0.395 e. The van der Waals surface area contributed by atoms with E-state index in [1.165, 1.54) is 17.7 Å². The number of aromatic nitrogens is 5. The zero-order valence-corrected chi connectivity index (χ0v) is 20.2. The third-order valence-electron chi connectivity index (χ3n) is 5.74. The fraction of sp³-hybridized carbons (Fsp3) is 0.333. The van der Waals surface area contributed by atoms with Gasteiger partial charge < -0.3 is 10.1 Å². The highest BCUT2D eigenvalue weighted by Gasteiger charge is 2.17. The zero-order chi connectivity index (χ0) is 24.8. The van der Waals surface area contributed by atoms with Crippen LogP contribution in [0.4, 0.5) is 0 Å². The van der Waals surface area contributed by atoms with E-state index in [4.69, 9.17) is 5.11 Å². The summed E-state index contributed by atoms with van der Waals surface area (Å²) in [6.07, 6.45) is 3.09. The SMILES string of the molecule is CC(CCCc1ccccc1)n1nnc2c(=O)[nH]c(Cc3ccc(S(=O)(=O)NCCO)cc3)nc21. The second-order valence-electron chi connectivity index (χ2n) is 8.39. The summed E-state index contributed by atoms with van der Waals surface area (Å²) in [5.74, 6) is 0.441. The van der Waals surface area contributed by atoms with Crippen molar-refractivity contribution in [1.29, 1.82) is 0 Å². The lowest BCUT2D eigenvalue weighted by atomic mass is 10.1. The van der Waals surface area contributed by atoms with Crippen molar-refractivity contribution in [2.24, 2.45) is 0 Å². The predicted molar refractivity (Wildman–Crippen MR) is 132 cm³/mol. The van der Waals surface area contributed by atoms with Gasteiger partial charge >= 0.3 is 0 Å². The monoisotopic (exact) mass is 496 g/mol. The zero-order valence-electron chi connectivity index (χ0n) is 19.4. The Kier molecular flexibility index (Phi) is 7.69. The van der Waals surface area contributed by atoms with Crippen LogP contribution in [-0.4, -0.2) is 51.6 Å². The Morgan fingerprint density at radius 2 is 1.83 bits per heavy atom. The van der Waals surface area contributed by atoms with Crippen LogP contribution in [0.3, 0.4) is 0 Å². The summed E-state index contributed by atoms with van der Waals surface area (Å²) in [6, 6.07) is 16.6. The molecule has 10 nitrogen and oxygen atoms in total. The minimum atomic E-state index is -3.68. The number of hydrogen-bond acceptors (Lipinski definition) is 7. The number of aryl methyl sites for hydroxylation is 1. The third-order valence-corrected chi connectivity index (χ3v) is 7.22. The Bertz CT molecular complexity index is 1430. The smallest absolute Gasteiger partial charge is 0.281 e. The first-order chi connectivity index (χ1) is 16.9. The highest BCUT2D eigenvalue weighted by Crippen LogP contribution is 2.19. The van der Waals surface area contributed by atoms with E-state index < -0.39 is 10.0 Å². The molecule has 2 aromatic heterocycles. The van der Waals surface area contributed by atoms with Gasteiger partial charge in [-0.1, -0.05) is 47.7 Å². The Morgan fingerprint density at radius 1 is 1.09 bits per heavy atom. The van der Waals surface area contributed by atoms with Crippen LogP contribution in [0.2, 0.25) is 0 Å². The van der Waals surface area contributed by atoms with Gasteiger partial charge in [0.1, 0.15) is 5.82 Å². The normalized spacial score (nSPS) is 12.7. The molecule has 0 saturated heterocycles. The summed E-state index contributed by atoms with van der Waals surface area (Å²) in [4.78, 5) is 20.0. The minimum Gasteiger partial charge on any atom is -0.395 e. The number of sulfonamides is 1. The van der Waals surface area contributed by atoms with Gasteiger partial charge in [-0.05, 0) is 49.4 Å². The van der Waals surface area contributed by atoms with E-state index in [0.29, 0.717) is 17.9 Å². The van der Waals surface area contributed by atoms with Crippen molar-refractivity contribution < 1.29 is 13.5 Å². The van der Waals surface area contributed by atoms with E-state index in [9.17, 15) is 13.2 Å². The molecule has 1 atom stereocenters. The van der Waals surface area contributed by atoms with Crippen molar-refractivity contribution >= 4 is 21.2 Å². The number of aromatic amines is 1. The van der Waals surface area contributed by atoms with Gasteiger partial charge in [0, 0.05) is 13.0 Å². The number of aliphatic hydroxyl groups is 1. The highest BCUT2D eigenvalue weighted by molar-refractivity contribution is 7.89. The molecule has 0 radical (unpaired) electrons. The third kappa shape index (κ3) is 5.99. The molecule has 4 aromatic rings. The molecule has 0 aliphatic carbocycles. The minimum absolute atomic E-state index is 0.0155. The van der Waals surface area contributed by atoms with E-state index in [-0.39, 0.29) is 35.2 Å². The van der Waals surface area contributed by atoms with Crippen molar-refractivity contribution in [3.8, 4) is 0 Å². The maximum absolute atomic E-state index is 12.6. The van der Waals surface area contributed by atoms with E-state index in [2.05, 4.69) is 37.1 Å². The van der Waals surface area contributed by atoms with E-state index in [0.717, 1.165) is 24.8 Å². The van der Waals surface area contributed by atoms with Crippen molar-refractivity contribution in [3.05, 3.63) is 81.9 Å². The molecule has 0 aliphatic rings. The lowest BCUT2D eigenvalue weighted by Crippen LogP contribution is -2.26. The number of aliphatic hydroxyl groups excluding tert-OH is 1. The van der Waals surface area contributed by atoms with Crippen molar-refractivity contribution in [1.82, 2.24) is 29.7 Å². The van der Waals surface area contributed by atoms with E-state index >= 15 is 0 Å². The Labute approximate surface area is 203 Å². The van der Waals surface area contributed by atoms with Crippen LogP contribution in [0.15, 0.2) is 64.3 Å². The molecule has 35 heavy (non-hydrogen) atoms. The van der Waals surface area contributed by atoms with Crippen molar-refractivity contribution in [2.75, 3.05) is 13.2 Å². The maximum Gasteiger partial charge on any atom is 0.281 e. The molecule has 0 amide bonds. The highest BCUT2D eigenvalue weighted by atomic mass is 32.2. The lowest BCUT2D eigenvalue weighted by Gasteiger charge is -2.12. The fourth-order valence-electron chi connectivity index (χ4n) is 3.88. The van der Waals surface area contributed by atoms with Gasteiger partial charge in [0.15, 0.2) is 11.2 Å². The first-order valence-electron chi connectivity index (χ1n) is 11.4. The molecule has 0 saturated carbocycles. The number of nitrogens with one attached hydrogen (secondary N) is 2. The fourth-order valence-corrected chi connectivity index (χ4v) is 4.90. The lowest BCUT2D eigenvalue weighted by molar-refractivity contribution is 0.301. The maximum atomic E-state index is 12.6. The van der Waals surface area contributed by atoms with Crippen LogP contribution in [-0.2, 0) is 22.9 Å². The molecule has 2 aromatic carbocycles. The number of benzene rings is 2. The van der Waals surface area contributed by atoms with Crippen LogP contribution < -0.4 is 10.3 Å². The summed E-state index contributed by atoms with van der Waals surface area (Å²) < 4.78 is 28.4. The molecule has 11 heteroatoms. The number of nitrogens with zero attached hydrogens (tertiary/aromatic N) is 4. The Balaban J connectivity index is 1.48. The van der Waals surface area contributed by atoms with Gasteiger partial charge in [0.05, 0.1) is 17.5 Å². The summed E-state index contributed by atoms with van der Waals surface area (Å²) in [6.45, 7) is 1.70. The molecule has 0 spiro atoms. The van der Waals surface area contributed by atoms with Crippen LogP contribution in [0, 0.1) is 0 Å². The van der Waals surface area contributed by atoms with Gasteiger partial charge in [-0.15, -0.1) is 5.10 Å². The second kappa shape index (κ2) is 10.9. The number of hydrogen-bond donors (Lipinski definition) is 3. The standard InChI is InChI=1S/C24H28N6O4S/c1-17(6-5-9-18-7-3-2-4-8-18)30-23-22(28-29-30)24(32)27-21(26-23)16-19-10-12-20(13-11-19)35(33,34)25-14-15-31/h2-4,7-8,10-13,17,25,31H,5-6,9,14-16H2,1H3,(H,26,27,32). The van der Waals surface area contributed by atoms with Gasteiger partial charge in [-0.25, -0.2) is 22.8 Å². The summed E-state index contributed by atoms with van der Waals surface area (Å²) in [7, 11) is -3.68. The average molecular weight is 497 g/mol. The molecule has 2 heterocycles. The second-order valence-corrected chi connectivity index (χ2v) is 10.2. The summed E-state index contributed by atoms with van der Waals surface area (Å²) in [5.41, 5.74) is 2.33. The van der Waals surface area contributed by atoms with E-state index in [1.807, 2.05) is 25.1 Å². The van der Waals surface area contributed by atoms with Crippen LogP contribution in [0.5, 0.6) is 0 Å². The van der Waals surface area contributed by atoms with Crippen LogP contribution >= 0.6 is 0 Å². The van der Waals surface area contributed by atoms with Crippen molar-refractivity contribution in [2.45, 2.75) is 43.5 Å². The quantitative estimate of drug-likeness (QED) is 0.288. The molecule has 0 aliphatic heterocycles. The number of rotatable bonds is 11. The number of fused-ring (bicyclic) bond motifs is 1. The molecule has 184 valence electrons. The predicted octanol–water partition coefficient (Wildman–Crippen LogP) is 1.96. The average Bonchev–Trinajstić information content (AvgIpc) is 3.28. The van der Waals surface area contributed by atoms with Gasteiger partial charge in [-0.2, -0.15) is 0 Å². The van der Waals surface area contributed by atoms with Gasteiger partial charge in [0.2, 0.25) is 10.0 Å². The first kappa shape index (κ1) is 24.7. The molecule has 1 unspecified atom stereocenters. The molecule has 0 bridgehead atoms. The molecular formula is C24H28N6O4S. The summed E-state index contributed by atoms with van der Waals surface area (Å²) >= 11 is 0. The van der Waals surface area contributed by atoms with E-state index in [1.54, 1.807) is 16.8 Å². The molecule has 3 N–H and O–H groups in total. The van der Waals surface area contributed by atoms with Crippen molar-refractivity contribution in [3.63, 3.8) is 0 Å². The molecular weight excluding hydrogens is 468 g/mol. The topological polar surface area (TPSA) is 143 Å². The van der Waals surface area contributed by atoms with Gasteiger partial charge in [-0.3, -0.25) is 4.79 Å². The first-order valence-corrected chi connectivity index (χ1v) is 12.9. The summed E-state index contributed by atoms with van der Waals surface area (Å²) in [5, 5.41) is 17.1. The molecule has 0 fully saturated rings. The van der Waals surface area contributed by atoms with Gasteiger partial charge in [0.25, 0.3) is 5.56 Å². The Morgan fingerprint density at radius 3 is 2.54 bits per heavy atom. The number of H-pyrrole nitrogens is 1. The molecule has 4 rings (SSSR count).